The molecule has 0 spiro atoms. The zero-order valence-electron chi connectivity index (χ0n) is 11.9. The quantitative estimate of drug-likeness (QED) is 0.797. The molecule has 0 fully saturated rings. The third-order valence-corrected chi connectivity index (χ3v) is 3.43. The molecule has 0 amide bonds. The monoisotopic (exact) mass is 244 g/mol. The van der Waals surface area contributed by atoms with Crippen molar-refractivity contribution >= 4 is 10.8 Å². The third kappa shape index (κ3) is 2.20. The fourth-order valence-corrected chi connectivity index (χ4v) is 2.34. The van der Waals surface area contributed by atoms with Crippen LogP contribution in [-0.2, 0) is 0 Å². The molecule has 0 atom stereocenters. The van der Waals surface area contributed by atoms with Gasteiger partial charge in [-0.15, -0.1) is 0 Å². The van der Waals surface area contributed by atoms with E-state index in [9.17, 15) is 5.11 Å². The van der Waals surface area contributed by atoms with E-state index in [1.54, 1.807) is 0 Å². The third-order valence-electron chi connectivity index (χ3n) is 3.43. The molecule has 0 saturated carbocycles. The van der Waals surface area contributed by atoms with E-state index in [0.717, 1.165) is 10.9 Å². The summed E-state index contributed by atoms with van der Waals surface area (Å²) >= 11 is 0. The van der Waals surface area contributed by atoms with Crippen LogP contribution in [0.4, 0.5) is 0 Å². The molecular weight excluding hydrogens is 222 g/mol. The van der Waals surface area contributed by atoms with Crippen molar-refractivity contribution in [1.82, 2.24) is 0 Å². The van der Waals surface area contributed by atoms with Crippen molar-refractivity contribution in [3.05, 3.63) is 35.7 Å². The first-order chi connectivity index (χ1) is 8.40. The van der Waals surface area contributed by atoms with Crippen LogP contribution in [0.3, 0.4) is 0 Å². The number of hydrogen-bond donors (Lipinski definition) is 1. The fourth-order valence-electron chi connectivity index (χ4n) is 2.34. The van der Waals surface area contributed by atoms with E-state index in [2.05, 4.69) is 50.6 Å². The van der Waals surface area contributed by atoms with Gasteiger partial charge in [-0.05, 0) is 43.9 Å². The molecule has 0 aliphatic rings. The van der Waals surface area contributed by atoms with Gasteiger partial charge in [0.1, 0.15) is 5.75 Å². The molecule has 0 unspecified atom stereocenters. The Bertz CT molecular complexity index is 533. The lowest BCUT2D eigenvalue weighted by atomic mass is 10.0. The maximum absolute atomic E-state index is 9.82. The summed E-state index contributed by atoms with van der Waals surface area (Å²) in [6, 6.07) is 6.58. The highest BCUT2D eigenvalue weighted by Gasteiger charge is 2.19. The zero-order chi connectivity index (χ0) is 13.4. The van der Waals surface area contributed by atoms with Crippen LogP contribution in [0.2, 0.25) is 0 Å². The van der Waals surface area contributed by atoms with Gasteiger partial charge in [0.25, 0.3) is 0 Å². The Labute approximate surface area is 109 Å². The highest BCUT2D eigenvalue weighted by Crippen LogP contribution is 2.25. The summed E-state index contributed by atoms with van der Waals surface area (Å²) in [5.74, 6) is 0.862. The van der Waals surface area contributed by atoms with E-state index < -0.39 is 0 Å². The largest absolute Gasteiger partial charge is 0.508 e. The minimum absolute atomic E-state index is 0.370. The average Bonchev–Trinajstić information content (AvgIpc) is 2.28. The molecule has 2 nitrogen and oxygen atoms in total. The molecule has 1 N–H and O–H groups in total. The number of aryl methyl sites for hydroxylation is 1. The molecule has 1 aromatic heterocycles. The molecule has 2 rings (SSSR count). The molecule has 2 aromatic rings. The number of nitrogens with zero attached hydrogens (tertiary/aromatic N) is 1. The molecule has 0 aliphatic heterocycles. The van der Waals surface area contributed by atoms with E-state index >= 15 is 0 Å². The van der Waals surface area contributed by atoms with Crippen LogP contribution >= 0.6 is 0 Å². The van der Waals surface area contributed by atoms with Crippen molar-refractivity contribution in [2.24, 2.45) is 0 Å². The van der Waals surface area contributed by atoms with Crippen molar-refractivity contribution < 1.29 is 9.67 Å². The maximum Gasteiger partial charge on any atom is 0.184 e. The molecule has 1 aromatic carbocycles. The van der Waals surface area contributed by atoms with Gasteiger partial charge in [0.05, 0.1) is 0 Å². The van der Waals surface area contributed by atoms with Crippen molar-refractivity contribution in [2.45, 2.75) is 46.6 Å². The summed E-state index contributed by atoms with van der Waals surface area (Å²) in [5.41, 5.74) is 2.27. The van der Waals surface area contributed by atoms with E-state index in [-0.39, 0.29) is 0 Å². The maximum atomic E-state index is 9.82. The van der Waals surface area contributed by atoms with Gasteiger partial charge in [0, 0.05) is 17.4 Å². The summed E-state index contributed by atoms with van der Waals surface area (Å²) in [6.45, 7) is 10.7. The lowest BCUT2D eigenvalue weighted by molar-refractivity contribution is -0.722. The summed E-state index contributed by atoms with van der Waals surface area (Å²) in [7, 11) is 0. The number of pyridine rings is 1. The second-order valence-electron chi connectivity index (χ2n) is 5.62. The summed E-state index contributed by atoms with van der Waals surface area (Å²) in [6.07, 6.45) is 2.15. The lowest BCUT2D eigenvalue weighted by Gasteiger charge is -2.12. The summed E-state index contributed by atoms with van der Waals surface area (Å²) in [4.78, 5) is 0. The number of phenols is 1. The highest BCUT2D eigenvalue weighted by atomic mass is 16.3. The van der Waals surface area contributed by atoms with Crippen LogP contribution < -0.4 is 4.57 Å². The average molecular weight is 244 g/mol. The van der Waals surface area contributed by atoms with Gasteiger partial charge in [-0.1, -0.05) is 13.8 Å². The second kappa shape index (κ2) is 4.60. The van der Waals surface area contributed by atoms with E-state index in [1.165, 1.54) is 11.1 Å². The van der Waals surface area contributed by atoms with Gasteiger partial charge in [-0.2, -0.15) is 4.57 Å². The first-order valence-corrected chi connectivity index (χ1v) is 6.58. The lowest BCUT2D eigenvalue weighted by Crippen LogP contribution is -2.40. The first kappa shape index (κ1) is 12.9. The molecule has 2 heteroatoms. The van der Waals surface area contributed by atoms with Crippen LogP contribution in [0, 0.1) is 6.92 Å². The number of benzene rings is 1. The SMILES string of the molecule is Cc1cc2cc(C(C)C)[n+](C(C)C)cc2cc1O. The summed E-state index contributed by atoms with van der Waals surface area (Å²) < 4.78 is 2.29. The van der Waals surface area contributed by atoms with Crippen LogP contribution in [0.25, 0.3) is 10.8 Å². The normalized spacial score (nSPS) is 11.7. The number of fused-ring (bicyclic) bond motifs is 1. The molecule has 0 saturated heterocycles. The minimum atomic E-state index is 0.370. The van der Waals surface area contributed by atoms with Gasteiger partial charge in [-0.3, -0.25) is 0 Å². The number of rotatable bonds is 2. The van der Waals surface area contributed by atoms with Crippen molar-refractivity contribution in [3.8, 4) is 5.75 Å². The van der Waals surface area contributed by atoms with E-state index in [1.807, 2.05) is 13.0 Å². The zero-order valence-corrected chi connectivity index (χ0v) is 11.9. The molecule has 96 valence electrons. The Kier molecular flexibility index (Phi) is 3.29. The molecule has 18 heavy (non-hydrogen) atoms. The van der Waals surface area contributed by atoms with Crippen molar-refractivity contribution in [1.29, 1.82) is 0 Å². The summed E-state index contributed by atoms with van der Waals surface area (Å²) in [5, 5.41) is 12.1. The van der Waals surface area contributed by atoms with Gasteiger partial charge < -0.3 is 5.11 Å². The predicted molar refractivity (Wildman–Crippen MR) is 75.0 cm³/mol. The smallest absolute Gasteiger partial charge is 0.184 e. The Balaban J connectivity index is 2.76. The number of hydrogen-bond acceptors (Lipinski definition) is 1. The van der Waals surface area contributed by atoms with Crippen LogP contribution in [0.5, 0.6) is 5.75 Å². The number of phenolic OH excluding ortho intramolecular Hbond substituents is 1. The standard InChI is InChI=1S/C16H21NO/c1-10(2)15-7-13-6-12(5)16(18)8-14(13)9-17(15)11(3)4/h6-11H,1-5H3/p+1. The Hall–Kier alpha value is -1.57. The van der Waals surface area contributed by atoms with Crippen LogP contribution in [0.1, 0.15) is 50.9 Å². The Morgan fingerprint density at radius 1 is 1.00 bits per heavy atom. The van der Waals surface area contributed by atoms with Gasteiger partial charge in [0.15, 0.2) is 17.9 Å². The molecular formula is C16H22NO+. The van der Waals surface area contributed by atoms with Crippen molar-refractivity contribution in [3.63, 3.8) is 0 Å². The van der Waals surface area contributed by atoms with Gasteiger partial charge in [-0.25, -0.2) is 0 Å². The highest BCUT2D eigenvalue weighted by molar-refractivity contribution is 5.83. The molecule has 1 heterocycles. The van der Waals surface area contributed by atoms with Gasteiger partial charge in [0.2, 0.25) is 0 Å². The minimum Gasteiger partial charge on any atom is -0.508 e. The molecule has 0 bridgehead atoms. The fraction of sp³-hybridized carbons (Fsp3) is 0.438. The molecule has 0 aliphatic carbocycles. The van der Waals surface area contributed by atoms with Crippen LogP contribution in [0.15, 0.2) is 24.4 Å². The van der Waals surface area contributed by atoms with E-state index in [0.29, 0.717) is 17.7 Å². The number of aromatic hydroxyl groups is 1. The first-order valence-electron chi connectivity index (χ1n) is 6.58. The number of aromatic nitrogens is 1. The van der Waals surface area contributed by atoms with E-state index in [4.69, 9.17) is 0 Å². The Morgan fingerprint density at radius 2 is 1.67 bits per heavy atom. The molecule has 0 radical (unpaired) electrons. The van der Waals surface area contributed by atoms with Crippen LogP contribution in [-0.4, -0.2) is 5.11 Å². The second-order valence-corrected chi connectivity index (χ2v) is 5.62. The van der Waals surface area contributed by atoms with Crippen molar-refractivity contribution in [2.75, 3.05) is 0 Å². The topological polar surface area (TPSA) is 24.1 Å². The van der Waals surface area contributed by atoms with Gasteiger partial charge >= 0.3 is 0 Å². The Morgan fingerprint density at radius 3 is 2.22 bits per heavy atom. The predicted octanol–water partition coefficient (Wildman–Crippen LogP) is 3.85.